The molecule has 1 aliphatic heterocycles. The molecule has 1 aromatic rings. The SMILES string of the molecule is C=CCCCCC[N+]1(C)C=Nc2c1c(=O)[nH]c(=O)n2C. The first-order valence-electron chi connectivity index (χ1n) is 6.85. The van der Waals surface area contributed by atoms with Crippen LogP contribution in [0.15, 0.2) is 27.2 Å². The molecule has 0 aromatic carbocycles. The van der Waals surface area contributed by atoms with Crippen molar-refractivity contribution in [3.63, 3.8) is 0 Å². The van der Waals surface area contributed by atoms with Crippen LogP contribution in [0.25, 0.3) is 0 Å². The molecule has 0 spiro atoms. The van der Waals surface area contributed by atoms with Gasteiger partial charge in [0.05, 0.1) is 13.6 Å². The van der Waals surface area contributed by atoms with Crippen molar-refractivity contribution < 1.29 is 0 Å². The second kappa shape index (κ2) is 5.58. The molecule has 1 aromatic heterocycles. The number of H-pyrrole nitrogens is 1. The number of allylic oxidation sites excluding steroid dienone is 1. The van der Waals surface area contributed by atoms with Crippen LogP contribution in [-0.4, -0.2) is 29.5 Å². The van der Waals surface area contributed by atoms with Crippen molar-refractivity contribution in [1.29, 1.82) is 0 Å². The summed E-state index contributed by atoms with van der Waals surface area (Å²) >= 11 is 0. The van der Waals surface area contributed by atoms with E-state index < -0.39 is 5.69 Å². The summed E-state index contributed by atoms with van der Waals surface area (Å²) in [6.07, 6.45) is 7.88. The highest BCUT2D eigenvalue weighted by molar-refractivity contribution is 5.86. The van der Waals surface area contributed by atoms with Gasteiger partial charge >= 0.3 is 11.2 Å². The predicted octanol–water partition coefficient (Wildman–Crippen LogP) is 1.43. The van der Waals surface area contributed by atoms with E-state index in [4.69, 9.17) is 0 Å². The number of nitrogens with zero attached hydrogens (tertiary/aromatic N) is 3. The van der Waals surface area contributed by atoms with Gasteiger partial charge in [-0.15, -0.1) is 6.58 Å². The van der Waals surface area contributed by atoms with Gasteiger partial charge in [-0.25, -0.2) is 9.28 Å². The standard InChI is InChI=1S/C14H20N4O2/c1-4-5-6-7-8-9-18(3)10-15-12-11(18)13(19)16-14(20)17(12)2/h4,10H,1,5-9H2,2-3H3/p+1. The van der Waals surface area contributed by atoms with E-state index in [1.54, 1.807) is 13.4 Å². The van der Waals surface area contributed by atoms with E-state index in [2.05, 4.69) is 16.6 Å². The second-order valence-corrected chi connectivity index (χ2v) is 5.36. The molecule has 0 bridgehead atoms. The minimum Gasteiger partial charge on any atom is -0.276 e. The Hall–Kier alpha value is -1.95. The van der Waals surface area contributed by atoms with Gasteiger partial charge in [-0.1, -0.05) is 6.08 Å². The van der Waals surface area contributed by atoms with E-state index in [1.807, 2.05) is 13.1 Å². The summed E-state index contributed by atoms with van der Waals surface area (Å²) < 4.78 is 1.74. The monoisotopic (exact) mass is 277 g/mol. The highest BCUT2D eigenvalue weighted by atomic mass is 16.2. The van der Waals surface area contributed by atoms with Crippen molar-refractivity contribution >= 4 is 17.8 Å². The predicted molar refractivity (Wildman–Crippen MR) is 81.7 cm³/mol. The van der Waals surface area contributed by atoms with Crippen molar-refractivity contribution in [3.05, 3.63) is 33.5 Å². The molecule has 2 rings (SSSR count). The largest absolute Gasteiger partial charge is 0.330 e. The van der Waals surface area contributed by atoms with Crippen LogP contribution in [0, 0.1) is 0 Å². The Labute approximate surface area is 117 Å². The molecule has 6 heteroatoms. The Bertz CT molecular complexity index is 656. The van der Waals surface area contributed by atoms with Crippen LogP contribution in [0.5, 0.6) is 0 Å². The fraction of sp³-hybridized carbons (Fsp3) is 0.500. The zero-order valence-electron chi connectivity index (χ0n) is 12.1. The van der Waals surface area contributed by atoms with E-state index in [0.717, 1.165) is 32.2 Å². The summed E-state index contributed by atoms with van der Waals surface area (Å²) in [5.74, 6) is 0.465. The molecule has 1 atom stereocenters. The molecule has 0 radical (unpaired) electrons. The summed E-state index contributed by atoms with van der Waals surface area (Å²) in [6.45, 7) is 4.51. The molecular weight excluding hydrogens is 256 g/mol. The van der Waals surface area contributed by atoms with Gasteiger partial charge in [-0.05, 0) is 25.7 Å². The number of hydrogen-bond donors (Lipinski definition) is 1. The van der Waals surface area contributed by atoms with E-state index >= 15 is 0 Å². The van der Waals surface area contributed by atoms with Crippen LogP contribution in [0.3, 0.4) is 0 Å². The van der Waals surface area contributed by atoms with Crippen molar-refractivity contribution in [2.24, 2.45) is 12.0 Å². The molecular formula is C14H21N4O2+. The highest BCUT2D eigenvalue weighted by Gasteiger charge is 2.36. The van der Waals surface area contributed by atoms with Gasteiger partial charge in [-0.3, -0.25) is 14.3 Å². The van der Waals surface area contributed by atoms with Crippen LogP contribution >= 0.6 is 0 Å². The zero-order chi connectivity index (χ0) is 14.8. The first-order chi connectivity index (χ1) is 9.49. The van der Waals surface area contributed by atoms with E-state index in [-0.39, 0.29) is 5.56 Å². The lowest BCUT2D eigenvalue weighted by molar-refractivity contribution is 0.473. The summed E-state index contributed by atoms with van der Waals surface area (Å²) in [5, 5.41) is 0. The third kappa shape index (κ3) is 2.51. The van der Waals surface area contributed by atoms with Gasteiger partial charge in [0.1, 0.15) is 0 Å². The molecule has 0 fully saturated rings. The third-order valence-electron chi connectivity index (χ3n) is 3.75. The first kappa shape index (κ1) is 14.5. The number of aromatic amines is 1. The molecule has 108 valence electrons. The normalized spacial score (nSPS) is 20.1. The summed E-state index contributed by atoms with van der Waals surface area (Å²) in [4.78, 5) is 30.2. The maximum Gasteiger partial charge on any atom is 0.330 e. The quantitative estimate of drug-likeness (QED) is 0.485. The van der Waals surface area contributed by atoms with Crippen LogP contribution < -0.4 is 15.7 Å². The Morgan fingerprint density at radius 3 is 2.85 bits per heavy atom. The number of unbranched alkanes of at least 4 members (excludes halogenated alkanes) is 3. The zero-order valence-corrected chi connectivity index (χ0v) is 12.1. The van der Waals surface area contributed by atoms with Crippen LogP contribution in [-0.2, 0) is 7.05 Å². The molecule has 20 heavy (non-hydrogen) atoms. The smallest absolute Gasteiger partial charge is 0.276 e. The number of aliphatic imine (C=N–C) groups is 1. The van der Waals surface area contributed by atoms with Gasteiger partial charge in [0, 0.05) is 7.05 Å². The lowest BCUT2D eigenvalue weighted by atomic mass is 10.1. The minimum absolute atomic E-state index is 0.339. The fourth-order valence-corrected chi connectivity index (χ4v) is 2.52. The first-order valence-corrected chi connectivity index (χ1v) is 6.85. The molecule has 0 amide bonds. The van der Waals surface area contributed by atoms with Crippen LogP contribution in [0.1, 0.15) is 25.7 Å². The van der Waals surface area contributed by atoms with Gasteiger partial charge in [-0.2, -0.15) is 4.99 Å². The maximum absolute atomic E-state index is 12.1. The average Bonchev–Trinajstić information content (AvgIpc) is 2.75. The van der Waals surface area contributed by atoms with E-state index in [9.17, 15) is 9.59 Å². The number of quaternary nitrogens is 1. The lowest BCUT2D eigenvalue weighted by Crippen LogP contribution is -2.47. The summed E-state index contributed by atoms with van der Waals surface area (Å²) in [7, 11) is 3.57. The Morgan fingerprint density at radius 2 is 2.15 bits per heavy atom. The molecule has 0 saturated heterocycles. The molecule has 0 saturated carbocycles. The molecule has 1 unspecified atom stereocenters. The molecule has 2 heterocycles. The summed E-state index contributed by atoms with van der Waals surface area (Å²) in [5.41, 5.74) is -0.213. The number of rotatable bonds is 6. The molecule has 1 aliphatic rings. The minimum atomic E-state index is -0.426. The van der Waals surface area contributed by atoms with Gasteiger partial charge in [0.25, 0.3) is 0 Å². The van der Waals surface area contributed by atoms with E-state index in [1.165, 1.54) is 4.57 Å². The molecule has 0 aliphatic carbocycles. The van der Waals surface area contributed by atoms with Crippen molar-refractivity contribution in [2.75, 3.05) is 13.6 Å². The number of aromatic nitrogens is 2. The lowest BCUT2D eigenvalue weighted by Gasteiger charge is -2.24. The topological polar surface area (TPSA) is 67.2 Å². The Kier molecular flexibility index (Phi) is 4.04. The number of nitrogens with one attached hydrogen (secondary N) is 1. The Morgan fingerprint density at radius 1 is 1.40 bits per heavy atom. The molecule has 1 N–H and O–H groups in total. The third-order valence-corrected chi connectivity index (χ3v) is 3.75. The summed E-state index contributed by atoms with van der Waals surface area (Å²) in [6, 6.07) is 0. The van der Waals surface area contributed by atoms with Crippen LogP contribution in [0.4, 0.5) is 11.5 Å². The van der Waals surface area contributed by atoms with Gasteiger partial charge in [0.2, 0.25) is 11.5 Å². The fourth-order valence-electron chi connectivity index (χ4n) is 2.52. The average molecular weight is 277 g/mol. The van der Waals surface area contributed by atoms with Crippen molar-refractivity contribution in [3.8, 4) is 0 Å². The number of hydrogen-bond acceptors (Lipinski definition) is 3. The van der Waals surface area contributed by atoms with Crippen molar-refractivity contribution in [2.45, 2.75) is 25.7 Å². The molecule has 6 nitrogen and oxygen atoms in total. The highest BCUT2D eigenvalue weighted by Crippen LogP contribution is 2.31. The second-order valence-electron chi connectivity index (χ2n) is 5.36. The maximum atomic E-state index is 12.1. The van der Waals surface area contributed by atoms with Crippen LogP contribution in [0.2, 0.25) is 0 Å². The Balaban J connectivity index is 2.20. The van der Waals surface area contributed by atoms with Gasteiger partial charge < -0.3 is 0 Å². The number of fused-ring (bicyclic) bond motifs is 1. The van der Waals surface area contributed by atoms with E-state index in [0.29, 0.717) is 16.0 Å². The van der Waals surface area contributed by atoms with Crippen molar-refractivity contribution in [1.82, 2.24) is 14.0 Å². The van der Waals surface area contributed by atoms with Gasteiger partial charge in [0.15, 0.2) is 6.34 Å².